The Labute approximate surface area is 195 Å². The number of carbonyl (C=O) groups is 3. The SMILES string of the molecule is CCOC(=O)C[C@@H]1C(C)=CC(=O)[C@@H]2C[C@@H](OCOCCOC)[C@H]3C[C@@H]4OC(=O)C[C@@H]4[C@H]3[C@@]12C. The summed E-state index contributed by atoms with van der Waals surface area (Å²) in [6.45, 7) is 7.25. The molecule has 4 aliphatic rings. The number of methoxy groups -OCH3 is 1. The quantitative estimate of drug-likeness (QED) is 0.292. The van der Waals surface area contributed by atoms with E-state index in [2.05, 4.69) is 6.92 Å². The number of ketones is 1. The van der Waals surface area contributed by atoms with E-state index < -0.39 is 5.41 Å². The van der Waals surface area contributed by atoms with Crippen molar-refractivity contribution < 1.29 is 38.1 Å². The zero-order valence-corrected chi connectivity index (χ0v) is 20.0. The van der Waals surface area contributed by atoms with Crippen LogP contribution in [0.2, 0.25) is 0 Å². The van der Waals surface area contributed by atoms with Gasteiger partial charge < -0.3 is 23.7 Å². The zero-order valence-electron chi connectivity index (χ0n) is 20.0. The van der Waals surface area contributed by atoms with Gasteiger partial charge in [0.25, 0.3) is 0 Å². The molecular weight excluding hydrogens is 428 g/mol. The first-order valence-electron chi connectivity index (χ1n) is 12.1. The third-order valence-electron chi connectivity index (χ3n) is 8.49. The van der Waals surface area contributed by atoms with Gasteiger partial charge in [0.2, 0.25) is 0 Å². The monoisotopic (exact) mass is 464 g/mol. The van der Waals surface area contributed by atoms with Gasteiger partial charge in [-0.05, 0) is 55.9 Å². The number of fused-ring (bicyclic) bond motifs is 5. The molecule has 1 saturated heterocycles. The molecule has 3 fully saturated rings. The van der Waals surface area contributed by atoms with Gasteiger partial charge in [0.05, 0.1) is 38.8 Å². The Kier molecular flexibility index (Phi) is 7.26. The van der Waals surface area contributed by atoms with E-state index >= 15 is 0 Å². The van der Waals surface area contributed by atoms with Crippen LogP contribution < -0.4 is 0 Å². The lowest BCUT2D eigenvalue weighted by atomic mass is 9.46. The number of allylic oxidation sites excluding steroid dienone is 2. The van der Waals surface area contributed by atoms with E-state index in [-0.39, 0.29) is 72.7 Å². The second-order valence-electron chi connectivity index (χ2n) is 10.1. The average molecular weight is 465 g/mol. The van der Waals surface area contributed by atoms with Gasteiger partial charge in [-0.3, -0.25) is 14.4 Å². The van der Waals surface area contributed by atoms with Crippen LogP contribution in [0.1, 0.15) is 46.5 Å². The molecule has 2 saturated carbocycles. The molecule has 0 aromatic rings. The number of hydrogen-bond donors (Lipinski definition) is 0. The maximum Gasteiger partial charge on any atom is 0.306 e. The van der Waals surface area contributed by atoms with Gasteiger partial charge in [-0.2, -0.15) is 0 Å². The van der Waals surface area contributed by atoms with Crippen molar-refractivity contribution in [3.63, 3.8) is 0 Å². The third kappa shape index (κ3) is 4.37. The number of hydrogen-bond acceptors (Lipinski definition) is 8. The largest absolute Gasteiger partial charge is 0.466 e. The highest BCUT2D eigenvalue weighted by molar-refractivity contribution is 5.94. The van der Waals surface area contributed by atoms with Crippen molar-refractivity contribution in [2.45, 2.75) is 58.7 Å². The lowest BCUT2D eigenvalue weighted by Crippen LogP contribution is -2.58. The van der Waals surface area contributed by atoms with Gasteiger partial charge in [0.15, 0.2) is 5.78 Å². The van der Waals surface area contributed by atoms with Crippen LogP contribution in [0, 0.1) is 35.0 Å². The highest BCUT2D eigenvalue weighted by Crippen LogP contribution is 2.65. The molecule has 0 aromatic heterocycles. The second kappa shape index (κ2) is 9.84. The first-order valence-corrected chi connectivity index (χ1v) is 12.1. The minimum Gasteiger partial charge on any atom is -0.466 e. The summed E-state index contributed by atoms with van der Waals surface area (Å²) < 4.78 is 27.7. The van der Waals surface area contributed by atoms with Crippen LogP contribution in [0.3, 0.4) is 0 Å². The molecule has 0 radical (unpaired) electrons. The Morgan fingerprint density at radius 1 is 1.21 bits per heavy atom. The minimum absolute atomic E-state index is 0.0270. The van der Waals surface area contributed by atoms with Crippen molar-refractivity contribution in [2.75, 3.05) is 33.7 Å². The van der Waals surface area contributed by atoms with Crippen molar-refractivity contribution in [1.82, 2.24) is 0 Å². The Morgan fingerprint density at radius 2 is 2.00 bits per heavy atom. The Balaban J connectivity index is 1.65. The number of esters is 2. The van der Waals surface area contributed by atoms with Crippen molar-refractivity contribution in [2.24, 2.45) is 35.0 Å². The van der Waals surface area contributed by atoms with Gasteiger partial charge in [-0.25, -0.2) is 0 Å². The summed E-state index contributed by atoms with van der Waals surface area (Å²) in [6, 6.07) is 0. The summed E-state index contributed by atoms with van der Waals surface area (Å²) >= 11 is 0. The van der Waals surface area contributed by atoms with E-state index in [1.807, 2.05) is 6.92 Å². The van der Waals surface area contributed by atoms with E-state index in [1.54, 1.807) is 20.1 Å². The van der Waals surface area contributed by atoms with Gasteiger partial charge in [-0.15, -0.1) is 0 Å². The van der Waals surface area contributed by atoms with Crippen molar-refractivity contribution >= 4 is 17.7 Å². The van der Waals surface area contributed by atoms with Crippen LogP contribution in [0.5, 0.6) is 0 Å². The molecule has 33 heavy (non-hydrogen) atoms. The van der Waals surface area contributed by atoms with Gasteiger partial charge in [0.1, 0.15) is 12.9 Å². The smallest absolute Gasteiger partial charge is 0.306 e. The standard InChI is InChI=1S/C25H36O8/c1-5-31-22(27)12-17-14(2)8-19(26)18-11-20(32-13-30-7-6-29-4)15-9-21-16(10-23(28)33-21)24(15)25(17,18)3/h8,15-18,20-21,24H,5-7,9-13H2,1-4H3/t15-,16+,17-,18+,20-,21+,24+,25+/m1/s1. The van der Waals surface area contributed by atoms with E-state index in [9.17, 15) is 14.4 Å². The highest BCUT2D eigenvalue weighted by Gasteiger charge is 2.66. The average Bonchev–Trinajstić information content (AvgIpc) is 3.28. The van der Waals surface area contributed by atoms with E-state index in [0.29, 0.717) is 32.7 Å². The molecule has 184 valence electrons. The lowest BCUT2D eigenvalue weighted by Gasteiger charge is -2.57. The molecule has 0 unspecified atom stereocenters. The molecule has 0 aromatic carbocycles. The number of carbonyl (C=O) groups excluding carboxylic acids is 3. The van der Waals surface area contributed by atoms with Crippen LogP contribution in [0.15, 0.2) is 11.6 Å². The van der Waals surface area contributed by atoms with Crippen molar-refractivity contribution in [1.29, 1.82) is 0 Å². The molecule has 0 spiro atoms. The summed E-state index contributed by atoms with van der Waals surface area (Å²) in [7, 11) is 1.62. The maximum absolute atomic E-state index is 13.3. The van der Waals surface area contributed by atoms with Crippen LogP contribution in [0.25, 0.3) is 0 Å². The fourth-order valence-electron chi connectivity index (χ4n) is 7.25. The van der Waals surface area contributed by atoms with Gasteiger partial charge in [-0.1, -0.05) is 12.5 Å². The highest BCUT2D eigenvalue weighted by atomic mass is 16.7. The molecule has 1 aliphatic heterocycles. The lowest BCUT2D eigenvalue weighted by molar-refractivity contribution is -0.179. The molecule has 8 atom stereocenters. The van der Waals surface area contributed by atoms with E-state index in [1.165, 1.54) is 0 Å². The molecule has 4 rings (SSSR count). The molecule has 1 heterocycles. The Bertz CT molecular complexity index is 806. The summed E-state index contributed by atoms with van der Waals surface area (Å²) in [6.07, 6.45) is 3.25. The minimum atomic E-state index is -0.475. The summed E-state index contributed by atoms with van der Waals surface area (Å²) in [4.78, 5) is 38.1. The number of ether oxygens (including phenoxy) is 5. The first kappa shape index (κ1) is 24.4. The normalized spacial score (nSPS) is 39.4. The number of rotatable bonds is 9. The summed E-state index contributed by atoms with van der Waals surface area (Å²) in [5.74, 6) is -0.576. The van der Waals surface area contributed by atoms with Crippen LogP contribution in [0.4, 0.5) is 0 Å². The first-order chi connectivity index (χ1) is 15.8. The maximum atomic E-state index is 13.3. The van der Waals surface area contributed by atoms with Gasteiger partial charge >= 0.3 is 11.9 Å². The Morgan fingerprint density at radius 3 is 2.73 bits per heavy atom. The third-order valence-corrected chi connectivity index (χ3v) is 8.49. The summed E-state index contributed by atoms with van der Waals surface area (Å²) in [5, 5.41) is 0. The fourth-order valence-corrected chi connectivity index (χ4v) is 7.25. The molecule has 0 bridgehead atoms. The van der Waals surface area contributed by atoms with Crippen molar-refractivity contribution in [3.05, 3.63) is 11.6 Å². The predicted molar refractivity (Wildman–Crippen MR) is 117 cm³/mol. The molecular formula is C25H36O8. The summed E-state index contributed by atoms with van der Waals surface area (Å²) in [5.41, 5.74) is 0.443. The fraction of sp³-hybridized carbons (Fsp3) is 0.800. The van der Waals surface area contributed by atoms with Crippen LogP contribution >= 0.6 is 0 Å². The molecule has 0 amide bonds. The topological polar surface area (TPSA) is 97.4 Å². The Hall–Kier alpha value is -1.77. The van der Waals surface area contributed by atoms with Crippen LogP contribution in [-0.2, 0) is 38.1 Å². The van der Waals surface area contributed by atoms with Crippen LogP contribution in [-0.4, -0.2) is 63.7 Å². The van der Waals surface area contributed by atoms with Gasteiger partial charge in [0, 0.05) is 18.9 Å². The second-order valence-corrected chi connectivity index (χ2v) is 10.1. The predicted octanol–water partition coefficient (Wildman–Crippen LogP) is 2.68. The molecule has 8 nitrogen and oxygen atoms in total. The molecule has 3 aliphatic carbocycles. The van der Waals surface area contributed by atoms with Crippen molar-refractivity contribution in [3.8, 4) is 0 Å². The zero-order chi connectivity index (χ0) is 23.8. The molecule has 8 heteroatoms. The van der Waals surface area contributed by atoms with E-state index in [0.717, 1.165) is 12.0 Å². The van der Waals surface area contributed by atoms with E-state index in [4.69, 9.17) is 23.7 Å². The molecule has 0 N–H and O–H groups in total.